The summed E-state index contributed by atoms with van der Waals surface area (Å²) in [5.74, 6) is -0.0972. The first-order valence-corrected chi connectivity index (χ1v) is 16.4. The van der Waals surface area contributed by atoms with Crippen LogP contribution in [0.2, 0.25) is 0 Å². The van der Waals surface area contributed by atoms with Crippen molar-refractivity contribution in [2.24, 2.45) is 5.92 Å². The standard InChI is InChI=1S/C32H64O8/c1-4-7-9-10-11-12-13-14-15-16-18-34-19-20-35-21-22-36-23-24-37-25-26-38-27-28-39-29-30-40-32(33)31(6-3)17-8-5-2/h31H,4-30H2,1-3H3. The van der Waals surface area contributed by atoms with Gasteiger partial charge in [-0.25, -0.2) is 0 Å². The monoisotopic (exact) mass is 576 g/mol. The highest BCUT2D eigenvalue weighted by Crippen LogP contribution is 2.14. The molecule has 0 aromatic carbocycles. The van der Waals surface area contributed by atoms with Gasteiger partial charge in [-0.2, -0.15) is 0 Å². The maximum absolute atomic E-state index is 12.0. The normalized spacial score (nSPS) is 12.2. The Morgan fingerprint density at radius 3 is 1.18 bits per heavy atom. The molecule has 0 aromatic rings. The zero-order chi connectivity index (χ0) is 29.2. The smallest absolute Gasteiger partial charge is 0.308 e. The summed E-state index contributed by atoms with van der Waals surface area (Å²) in [7, 11) is 0. The van der Waals surface area contributed by atoms with Crippen LogP contribution < -0.4 is 0 Å². The van der Waals surface area contributed by atoms with E-state index in [4.69, 9.17) is 33.2 Å². The fourth-order valence-electron chi connectivity index (χ4n) is 4.15. The van der Waals surface area contributed by atoms with E-state index in [0.717, 1.165) is 38.7 Å². The van der Waals surface area contributed by atoms with Gasteiger partial charge in [0.05, 0.1) is 78.6 Å². The molecule has 1 atom stereocenters. The van der Waals surface area contributed by atoms with Crippen LogP contribution in [-0.4, -0.2) is 91.9 Å². The van der Waals surface area contributed by atoms with E-state index in [1.54, 1.807) is 0 Å². The molecule has 0 radical (unpaired) electrons. The largest absolute Gasteiger partial charge is 0.463 e. The molecule has 240 valence electrons. The third-order valence-corrected chi connectivity index (χ3v) is 6.71. The first kappa shape index (κ1) is 39.2. The third-order valence-electron chi connectivity index (χ3n) is 6.71. The Balaban J connectivity index is 3.15. The van der Waals surface area contributed by atoms with E-state index in [9.17, 15) is 4.79 Å². The molecule has 0 amide bonds. The van der Waals surface area contributed by atoms with Crippen LogP contribution in [-0.2, 0) is 38.0 Å². The summed E-state index contributed by atoms with van der Waals surface area (Å²) >= 11 is 0. The highest BCUT2D eigenvalue weighted by molar-refractivity contribution is 5.72. The van der Waals surface area contributed by atoms with E-state index >= 15 is 0 Å². The number of esters is 1. The molecule has 0 aromatic heterocycles. The van der Waals surface area contributed by atoms with Crippen molar-refractivity contribution in [2.45, 2.75) is 111 Å². The average Bonchev–Trinajstić information content (AvgIpc) is 2.96. The minimum absolute atomic E-state index is 0.0101. The number of unbranched alkanes of at least 4 members (excludes halogenated alkanes) is 10. The summed E-state index contributed by atoms with van der Waals surface area (Å²) in [6.07, 6.45) is 17.3. The van der Waals surface area contributed by atoms with Crippen molar-refractivity contribution in [3.63, 3.8) is 0 Å². The number of hydrogen-bond donors (Lipinski definition) is 0. The molecule has 8 nitrogen and oxygen atoms in total. The van der Waals surface area contributed by atoms with E-state index in [1.807, 2.05) is 6.92 Å². The van der Waals surface area contributed by atoms with Gasteiger partial charge in [0.2, 0.25) is 0 Å². The van der Waals surface area contributed by atoms with Crippen LogP contribution in [0.15, 0.2) is 0 Å². The lowest BCUT2D eigenvalue weighted by Crippen LogP contribution is -2.20. The lowest BCUT2D eigenvalue weighted by molar-refractivity contribution is -0.150. The van der Waals surface area contributed by atoms with Crippen molar-refractivity contribution >= 4 is 5.97 Å². The van der Waals surface area contributed by atoms with Gasteiger partial charge in [0.15, 0.2) is 0 Å². The maximum atomic E-state index is 12.0. The first-order valence-electron chi connectivity index (χ1n) is 16.4. The molecule has 40 heavy (non-hydrogen) atoms. The van der Waals surface area contributed by atoms with E-state index in [2.05, 4.69) is 13.8 Å². The molecule has 0 aliphatic rings. The Hall–Kier alpha value is -0.770. The Morgan fingerprint density at radius 2 is 0.775 bits per heavy atom. The maximum Gasteiger partial charge on any atom is 0.308 e. The summed E-state index contributed by atoms with van der Waals surface area (Å²) in [5, 5.41) is 0. The van der Waals surface area contributed by atoms with Crippen LogP contribution >= 0.6 is 0 Å². The molecular weight excluding hydrogens is 512 g/mol. The Labute approximate surface area is 246 Å². The third kappa shape index (κ3) is 30.2. The summed E-state index contributed by atoms with van der Waals surface area (Å²) < 4.78 is 38.4. The highest BCUT2D eigenvalue weighted by atomic mass is 16.6. The van der Waals surface area contributed by atoms with Crippen LogP contribution in [0, 0.1) is 5.92 Å². The van der Waals surface area contributed by atoms with Gasteiger partial charge in [-0.1, -0.05) is 91.4 Å². The number of hydrogen-bond acceptors (Lipinski definition) is 8. The fourth-order valence-corrected chi connectivity index (χ4v) is 4.15. The molecule has 0 N–H and O–H groups in total. The van der Waals surface area contributed by atoms with E-state index < -0.39 is 0 Å². The Kier molecular flexibility index (Phi) is 33.8. The summed E-state index contributed by atoms with van der Waals surface area (Å²) in [5.41, 5.74) is 0. The molecule has 0 fully saturated rings. The van der Waals surface area contributed by atoms with Gasteiger partial charge in [0.1, 0.15) is 6.61 Å². The molecule has 0 aliphatic carbocycles. The van der Waals surface area contributed by atoms with Gasteiger partial charge in [0.25, 0.3) is 0 Å². The molecule has 0 saturated carbocycles. The van der Waals surface area contributed by atoms with Gasteiger partial charge in [-0.05, 0) is 19.3 Å². The second-order valence-corrected chi connectivity index (χ2v) is 10.3. The van der Waals surface area contributed by atoms with Crippen LogP contribution in [0.3, 0.4) is 0 Å². The number of carbonyl (C=O) groups is 1. The Morgan fingerprint density at radius 1 is 0.425 bits per heavy atom. The average molecular weight is 577 g/mol. The topological polar surface area (TPSA) is 81.7 Å². The van der Waals surface area contributed by atoms with Gasteiger partial charge in [-0.15, -0.1) is 0 Å². The van der Waals surface area contributed by atoms with E-state index in [-0.39, 0.29) is 11.9 Å². The zero-order valence-corrected chi connectivity index (χ0v) is 26.4. The number of ether oxygens (including phenoxy) is 7. The minimum atomic E-state index is -0.107. The molecule has 8 heteroatoms. The first-order chi connectivity index (χ1) is 19.8. The van der Waals surface area contributed by atoms with Crippen LogP contribution in [0.1, 0.15) is 111 Å². The quantitative estimate of drug-likeness (QED) is 0.0613. The van der Waals surface area contributed by atoms with Crippen molar-refractivity contribution in [1.29, 1.82) is 0 Å². The second kappa shape index (κ2) is 34.4. The zero-order valence-electron chi connectivity index (χ0n) is 26.4. The van der Waals surface area contributed by atoms with E-state index in [0.29, 0.717) is 79.3 Å². The molecule has 0 rings (SSSR count). The second-order valence-electron chi connectivity index (χ2n) is 10.3. The molecule has 0 heterocycles. The minimum Gasteiger partial charge on any atom is -0.463 e. The molecule has 1 unspecified atom stereocenters. The lowest BCUT2D eigenvalue weighted by Gasteiger charge is -2.13. The molecule has 0 spiro atoms. The van der Waals surface area contributed by atoms with Gasteiger partial charge >= 0.3 is 5.97 Å². The summed E-state index contributed by atoms with van der Waals surface area (Å²) in [6, 6.07) is 0. The van der Waals surface area contributed by atoms with Crippen LogP contribution in [0.4, 0.5) is 0 Å². The lowest BCUT2D eigenvalue weighted by atomic mass is 10.00. The van der Waals surface area contributed by atoms with Crippen molar-refractivity contribution in [3.05, 3.63) is 0 Å². The molecular formula is C32H64O8. The number of carbonyl (C=O) groups excluding carboxylic acids is 1. The molecule has 0 aliphatic heterocycles. The van der Waals surface area contributed by atoms with Crippen LogP contribution in [0.25, 0.3) is 0 Å². The van der Waals surface area contributed by atoms with Crippen molar-refractivity contribution in [2.75, 3.05) is 85.9 Å². The highest BCUT2D eigenvalue weighted by Gasteiger charge is 2.16. The number of rotatable bonds is 34. The molecule has 0 bridgehead atoms. The van der Waals surface area contributed by atoms with Crippen molar-refractivity contribution < 1.29 is 38.0 Å². The fraction of sp³-hybridized carbons (Fsp3) is 0.969. The van der Waals surface area contributed by atoms with Gasteiger partial charge < -0.3 is 33.2 Å². The Bertz CT molecular complexity index is 492. The summed E-state index contributed by atoms with van der Waals surface area (Å²) in [4.78, 5) is 12.0. The van der Waals surface area contributed by atoms with Crippen LogP contribution in [0.5, 0.6) is 0 Å². The van der Waals surface area contributed by atoms with E-state index in [1.165, 1.54) is 57.8 Å². The van der Waals surface area contributed by atoms with Gasteiger partial charge in [-0.3, -0.25) is 4.79 Å². The van der Waals surface area contributed by atoms with Crippen molar-refractivity contribution in [3.8, 4) is 0 Å². The molecule has 0 saturated heterocycles. The van der Waals surface area contributed by atoms with Crippen molar-refractivity contribution in [1.82, 2.24) is 0 Å². The SMILES string of the molecule is CCCCCCCCCCCCOCCOCCOCCOCCOCCOCCOC(=O)C(CC)CCCC. The summed E-state index contributed by atoms with van der Waals surface area (Å²) in [6.45, 7) is 13.4. The van der Waals surface area contributed by atoms with Gasteiger partial charge in [0, 0.05) is 6.61 Å². The predicted molar refractivity (Wildman–Crippen MR) is 161 cm³/mol. The predicted octanol–water partition coefficient (Wildman–Crippen LogP) is 6.77.